The van der Waals surface area contributed by atoms with Crippen LogP contribution in [0.3, 0.4) is 0 Å². The molecule has 0 aromatic carbocycles. The molecule has 3 fully saturated rings. The monoisotopic (exact) mass is 262 g/mol. The van der Waals surface area contributed by atoms with Crippen molar-refractivity contribution >= 4 is 0 Å². The highest BCUT2D eigenvalue weighted by Gasteiger charge is 2.34. The average Bonchev–Trinajstić information content (AvgIpc) is 2.89. The van der Waals surface area contributed by atoms with Gasteiger partial charge >= 0.3 is 0 Å². The summed E-state index contributed by atoms with van der Waals surface area (Å²) in [6.07, 6.45) is 7.70. The van der Waals surface area contributed by atoms with Crippen molar-refractivity contribution in [2.24, 2.45) is 0 Å². The molecule has 1 N–H and O–H groups in total. The van der Waals surface area contributed by atoms with Gasteiger partial charge in [0.1, 0.15) is 0 Å². The van der Waals surface area contributed by atoms with Crippen LogP contribution in [-0.2, 0) is 6.54 Å². The van der Waals surface area contributed by atoms with Crippen LogP contribution < -0.4 is 5.32 Å². The Morgan fingerprint density at radius 2 is 2.16 bits per heavy atom. The maximum absolute atomic E-state index is 5.36. The smallest absolute Gasteiger partial charge is 0.229 e. The Hall–Kier alpha value is -0.940. The fourth-order valence-corrected chi connectivity index (χ4v) is 3.55. The Morgan fingerprint density at radius 3 is 2.95 bits per heavy atom. The van der Waals surface area contributed by atoms with Crippen LogP contribution in [0.2, 0.25) is 0 Å². The number of likely N-dealkylation sites (tertiary alicyclic amines) is 1. The van der Waals surface area contributed by atoms with Crippen molar-refractivity contribution < 1.29 is 4.52 Å². The molecule has 104 valence electrons. The van der Waals surface area contributed by atoms with Crippen LogP contribution in [-0.4, -0.2) is 40.2 Å². The number of aromatic nitrogens is 2. The van der Waals surface area contributed by atoms with Gasteiger partial charge in [0.05, 0.1) is 6.54 Å². The molecular weight excluding hydrogens is 240 g/mol. The predicted molar refractivity (Wildman–Crippen MR) is 70.7 cm³/mol. The summed E-state index contributed by atoms with van der Waals surface area (Å²) < 4.78 is 5.36. The second kappa shape index (κ2) is 4.87. The van der Waals surface area contributed by atoms with Gasteiger partial charge in [-0.1, -0.05) is 5.16 Å². The van der Waals surface area contributed by atoms with Crippen LogP contribution in [0.15, 0.2) is 4.52 Å². The number of hydrogen-bond acceptors (Lipinski definition) is 5. The molecular formula is C14H22N4O. The summed E-state index contributed by atoms with van der Waals surface area (Å²) in [6, 6.07) is 1.35. The SMILES string of the molecule is C1CNC(C2CCCN2Cc2noc(C3CC3)n2)C1. The summed E-state index contributed by atoms with van der Waals surface area (Å²) in [4.78, 5) is 7.10. The molecule has 2 unspecified atom stereocenters. The quantitative estimate of drug-likeness (QED) is 0.894. The van der Waals surface area contributed by atoms with Gasteiger partial charge in [0.25, 0.3) is 0 Å². The van der Waals surface area contributed by atoms with Crippen LogP contribution >= 0.6 is 0 Å². The zero-order valence-corrected chi connectivity index (χ0v) is 11.3. The highest BCUT2D eigenvalue weighted by atomic mass is 16.5. The molecule has 0 amide bonds. The van der Waals surface area contributed by atoms with Crippen molar-refractivity contribution in [3.63, 3.8) is 0 Å². The van der Waals surface area contributed by atoms with Gasteiger partial charge < -0.3 is 9.84 Å². The molecule has 2 saturated heterocycles. The summed E-state index contributed by atoms with van der Waals surface area (Å²) in [7, 11) is 0. The summed E-state index contributed by atoms with van der Waals surface area (Å²) in [5, 5.41) is 7.80. The van der Waals surface area contributed by atoms with E-state index >= 15 is 0 Å². The first-order valence-corrected chi connectivity index (χ1v) is 7.70. The summed E-state index contributed by atoms with van der Waals surface area (Å²) in [6.45, 7) is 3.22. The van der Waals surface area contributed by atoms with Crippen molar-refractivity contribution in [2.45, 2.75) is 63.1 Å². The summed E-state index contributed by atoms with van der Waals surface area (Å²) >= 11 is 0. The van der Waals surface area contributed by atoms with E-state index in [1.807, 2.05) is 0 Å². The van der Waals surface area contributed by atoms with Gasteiger partial charge in [0.2, 0.25) is 5.89 Å². The van der Waals surface area contributed by atoms with Crippen LogP contribution in [0.1, 0.15) is 56.2 Å². The number of nitrogens with one attached hydrogen (secondary N) is 1. The zero-order chi connectivity index (χ0) is 12.7. The largest absolute Gasteiger partial charge is 0.339 e. The van der Waals surface area contributed by atoms with Gasteiger partial charge in [-0.25, -0.2) is 0 Å². The maximum atomic E-state index is 5.36. The van der Waals surface area contributed by atoms with Crippen molar-refractivity contribution in [2.75, 3.05) is 13.1 Å². The van der Waals surface area contributed by atoms with E-state index < -0.39 is 0 Å². The fraction of sp³-hybridized carbons (Fsp3) is 0.857. The first-order chi connectivity index (χ1) is 9.40. The van der Waals surface area contributed by atoms with E-state index in [0.717, 1.165) is 18.3 Å². The molecule has 0 bridgehead atoms. The number of hydrogen-bond donors (Lipinski definition) is 1. The molecule has 1 aromatic rings. The summed E-state index contributed by atoms with van der Waals surface area (Å²) in [5.74, 6) is 2.31. The van der Waals surface area contributed by atoms with Gasteiger partial charge in [0, 0.05) is 18.0 Å². The molecule has 3 heterocycles. The zero-order valence-electron chi connectivity index (χ0n) is 11.3. The lowest BCUT2D eigenvalue weighted by Crippen LogP contribution is -2.43. The number of rotatable bonds is 4. The topological polar surface area (TPSA) is 54.2 Å². The fourth-order valence-electron chi connectivity index (χ4n) is 3.55. The van der Waals surface area contributed by atoms with E-state index in [1.165, 1.54) is 51.6 Å². The molecule has 2 aliphatic heterocycles. The molecule has 1 saturated carbocycles. The molecule has 2 atom stereocenters. The molecule has 1 aromatic heterocycles. The average molecular weight is 262 g/mol. The molecule has 1 aliphatic carbocycles. The lowest BCUT2D eigenvalue weighted by Gasteiger charge is -2.28. The van der Waals surface area contributed by atoms with Crippen LogP contribution in [0.4, 0.5) is 0 Å². The Kier molecular flexibility index (Phi) is 3.04. The molecule has 19 heavy (non-hydrogen) atoms. The molecule has 0 spiro atoms. The van der Waals surface area contributed by atoms with Gasteiger partial charge in [-0.05, 0) is 51.6 Å². The Balaban J connectivity index is 1.42. The predicted octanol–water partition coefficient (Wildman–Crippen LogP) is 1.66. The van der Waals surface area contributed by atoms with Crippen LogP contribution in [0.5, 0.6) is 0 Å². The Labute approximate surface area is 113 Å². The normalized spacial score (nSPS) is 32.2. The van der Waals surface area contributed by atoms with Crippen molar-refractivity contribution in [3.8, 4) is 0 Å². The summed E-state index contributed by atoms with van der Waals surface area (Å²) in [5.41, 5.74) is 0. The van der Waals surface area contributed by atoms with Crippen molar-refractivity contribution in [1.82, 2.24) is 20.4 Å². The van der Waals surface area contributed by atoms with E-state index in [0.29, 0.717) is 18.0 Å². The van der Waals surface area contributed by atoms with E-state index in [9.17, 15) is 0 Å². The molecule has 5 nitrogen and oxygen atoms in total. The Morgan fingerprint density at radius 1 is 1.21 bits per heavy atom. The van der Waals surface area contributed by atoms with Gasteiger partial charge in [-0.15, -0.1) is 0 Å². The minimum absolute atomic E-state index is 0.562. The van der Waals surface area contributed by atoms with Gasteiger partial charge in [-0.3, -0.25) is 4.90 Å². The van der Waals surface area contributed by atoms with E-state index in [4.69, 9.17) is 4.52 Å². The third-order valence-electron chi connectivity index (χ3n) is 4.73. The molecule has 3 aliphatic rings. The minimum Gasteiger partial charge on any atom is -0.339 e. The first kappa shape index (κ1) is 11.9. The lowest BCUT2D eigenvalue weighted by molar-refractivity contribution is 0.199. The van der Waals surface area contributed by atoms with E-state index in [2.05, 4.69) is 20.4 Å². The van der Waals surface area contributed by atoms with E-state index in [-0.39, 0.29) is 0 Å². The van der Waals surface area contributed by atoms with Gasteiger partial charge in [-0.2, -0.15) is 4.98 Å². The third-order valence-corrected chi connectivity index (χ3v) is 4.73. The molecule has 4 rings (SSSR count). The molecule has 5 heteroatoms. The standard InChI is InChI=1S/C14H22N4O/c1-3-11(15-7-1)12-4-2-8-18(12)9-13-16-14(19-17-13)10-5-6-10/h10-12,15H,1-9H2. The second-order valence-electron chi connectivity index (χ2n) is 6.21. The maximum Gasteiger partial charge on any atom is 0.229 e. The van der Waals surface area contributed by atoms with Crippen molar-refractivity contribution in [1.29, 1.82) is 0 Å². The van der Waals surface area contributed by atoms with Crippen LogP contribution in [0, 0.1) is 0 Å². The highest BCUT2D eigenvalue weighted by Crippen LogP contribution is 2.39. The molecule has 0 radical (unpaired) electrons. The third kappa shape index (κ3) is 2.41. The first-order valence-electron chi connectivity index (χ1n) is 7.70. The van der Waals surface area contributed by atoms with Gasteiger partial charge in [0.15, 0.2) is 5.82 Å². The minimum atomic E-state index is 0.562. The number of nitrogens with zero attached hydrogens (tertiary/aromatic N) is 3. The second-order valence-corrected chi connectivity index (χ2v) is 6.21. The van der Waals surface area contributed by atoms with Crippen molar-refractivity contribution in [3.05, 3.63) is 11.7 Å². The van der Waals surface area contributed by atoms with E-state index in [1.54, 1.807) is 0 Å². The van der Waals surface area contributed by atoms with Crippen LogP contribution in [0.25, 0.3) is 0 Å². The Bertz CT molecular complexity index is 436. The highest BCUT2D eigenvalue weighted by molar-refractivity contribution is 5.02. The lowest BCUT2D eigenvalue weighted by atomic mass is 10.0.